The fraction of sp³-hybridized carbons (Fsp3) is 0.533. The van der Waals surface area contributed by atoms with Crippen LogP contribution in [0.4, 0.5) is 0 Å². The van der Waals surface area contributed by atoms with Crippen LogP contribution in [0.1, 0.15) is 12.5 Å². The summed E-state index contributed by atoms with van der Waals surface area (Å²) in [6.07, 6.45) is 0.0904. The summed E-state index contributed by atoms with van der Waals surface area (Å²) in [5.74, 6) is -0.141. The minimum Gasteiger partial charge on any atom is -0.491 e. The van der Waals surface area contributed by atoms with Crippen molar-refractivity contribution >= 4 is 5.97 Å². The number of ether oxygens (including phenoxy) is 2. The molecule has 0 radical (unpaired) electrons. The summed E-state index contributed by atoms with van der Waals surface area (Å²) in [5, 5.41) is 8.78. The quantitative estimate of drug-likeness (QED) is 0.853. The smallest absolute Gasteiger partial charge is 0.307 e. The van der Waals surface area contributed by atoms with E-state index in [1.807, 2.05) is 12.1 Å². The molecule has 20 heavy (non-hydrogen) atoms. The number of carbonyl (C=O) groups is 1. The Morgan fingerprint density at radius 2 is 2.40 bits per heavy atom. The zero-order chi connectivity index (χ0) is 14.4. The van der Waals surface area contributed by atoms with Crippen molar-refractivity contribution in [3.63, 3.8) is 0 Å². The van der Waals surface area contributed by atoms with E-state index in [-0.39, 0.29) is 12.5 Å². The Kier molecular flexibility index (Phi) is 5.38. The molecule has 1 fully saturated rings. The van der Waals surface area contributed by atoms with Gasteiger partial charge in [0.05, 0.1) is 13.0 Å². The Bertz CT molecular complexity index is 449. The van der Waals surface area contributed by atoms with Gasteiger partial charge >= 0.3 is 5.97 Å². The Hall–Kier alpha value is -1.59. The van der Waals surface area contributed by atoms with Gasteiger partial charge < -0.3 is 14.6 Å². The van der Waals surface area contributed by atoms with Crippen molar-refractivity contribution in [1.29, 1.82) is 0 Å². The molecule has 0 spiro atoms. The zero-order valence-electron chi connectivity index (χ0n) is 11.7. The molecule has 1 atom stereocenters. The number of rotatable bonds is 6. The van der Waals surface area contributed by atoms with E-state index in [0.717, 1.165) is 31.8 Å². The fourth-order valence-electron chi connectivity index (χ4n) is 2.28. The second kappa shape index (κ2) is 7.26. The molecular formula is C15H21NO4. The van der Waals surface area contributed by atoms with Crippen LogP contribution in [0.25, 0.3) is 0 Å². The van der Waals surface area contributed by atoms with Crippen LogP contribution in [0.5, 0.6) is 5.75 Å². The van der Waals surface area contributed by atoms with E-state index in [4.69, 9.17) is 14.6 Å². The second-order valence-corrected chi connectivity index (χ2v) is 4.91. The molecule has 5 heteroatoms. The van der Waals surface area contributed by atoms with Crippen LogP contribution in [0.15, 0.2) is 24.3 Å². The van der Waals surface area contributed by atoms with E-state index in [1.54, 1.807) is 12.1 Å². The van der Waals surface area contributed by atoms with Gasteiger partial charge in [-0.3, -0.25) is 9.69 Å². The molecule has 0 aromatic heterocycles. The number of likely N-dealkylation sites (N-methyl/N-ethyl adjacent to an activating group) is 1. The maximum absolute atomic E-state index is 10.7. The van der Waals surface area contributed by atoms with Crippen molar-refractivity contribution in [2.45, 2.75) is 19.4 Å². The van der Waals surface area contributed by atoms with E-state index in [9.17, 15) is 4.79 Å². The summed E-state index contributed by atoms with van der Waals surface area (Å²) < 4.78 is 11.4. The summed E-state index contributed by atoms with van der Waals surface area (Å²) >= 11 is 0. The van der Waals surface area contributed by atoms with Crippen LogP contribution < -0.4 is 4.74 Å². The molecule has 0 amide bonds. The molecule has 0 bridgehead atoms. The SMILES string of the molecule is CCN1CCOC(COc2cccc(CC(=O)O)c2)C1. The first kappa shape index (κ1) is 14.8. The molecule has 1 aromatic carbocycles. The van der Waals surface area contributed by atoms with Crippen LogP contribution in [0.2, 0.25) is 0 Å². The molecule has 5 nitrogen and oxygen atoms in total. The highest BCUT2D eigenvalue weighted by atomic mass is 16.5. The van der Waals surface area contributed by atoms with Crippen LogP contribution >= 0.6 is 0 Å². The number of carboxylic acid groups (broad SMARTS) is 1. The Morgan fingerprint density at radius 1 is 1.55 bits per heavy atom. The molecular weight excluding hydrogens is 258 g/mol. The van der Waals surface area contributed by atoms with Gasteiger partial charge in [0.15, 0.2) is 0 Å². The number of aliphatic carboxylic acids is 1. The zero-order valence-corrected chi connectivity index (χ0v) is 11.7. The lowest BCUT2D eigenvalue weighted by molar-refractivity contribution is -0.136. The average molecular weight is 279 g/mol. The monoisotopic (exact) mass is 279 g/mol. The standard InChI is InChI=1S/C15H21NO4/c1-2-16-6-7-19-14(10-16)11-20-13-5-3-4-12(8-13)9-15(17)18/h3-5,8,14H,2,6-7,9-11H2,1H3,(H,17,18). The highest BCUT2D eigenvalue weighted by molar-refractivity contribution is 5.70. The lowest BCUT2D eigenvalue weighted by Gasteiger charge is -2.31. The lowest BCUT2D eigenvalue weighted by Crippen LogP contribution is -2.44. The number of nitrogens with zero attached hydrogens (tertiary/aromatic N) is 1. The molecule has 1 unspecified atom stereocenters. The van der Waals surface area contributed by atoms with Crippen molar-refractivity contribution in [3.05, 3.63) is 29.8 Å². The Balaban J connectivity index is 1.85. The molecule has 1 heterocycles. The van der Waals surface area contributed by atoms with Crippen LogP contribution in [-0.4, -0.2) is 54.9 Å². The minimum atomic E-state index is -0.837. The van der Waals surface area contributed by atoms with E-state index >= 15 is 0 Å². The molecule has 0 saturated carbocycles. The minimum absolute atomic E-state index is 0.0146. The molecule has 1 saturated heterocycles. The highest BCUT2D eigenvalue weighted by Crippen LogP contribution is 2.15. The first-order chi connectivity index (χ1) is 9.67. The maximum atomic E-state index is 10.7. The van der Waals surface area contributed by atoms with Gasteiger partial charge in [-0.1, -0.05) is 19.1 Å². The summed E-state index contributed by atoms with van der Waals surface area (Å²) in [6, 6.07) is 7.21. The summed E-state index contributed by atoms with van der Waals surface area (Å²) in [5.41, 5.74) is 0.745. The van der Waals surface area contributed by atoms with Gasteiger partial charge in [0, 0.05) is 13.1 Å². The van der Waals surface area contributed by atoms with Gasteiger partial charge in [-0.05, 0) is 24.2 Å². The topological polar surface area (TPSA) is 59.0 Å². The molecule has 1 aromatic rings. The third-order valence-corrected chi connectivity index (χ3v) is 3.36. The highest BCUT2D eigenvalue weighted by Gasteiger charge is 2.19. The van der Waals surface area contributed by atoms with Gasteiger partial charge in [-0.25, -0.2) is 0 Å². The number of hydrogen-bond acceptors (Lipinski definition) is 4. The fourth-order valence-corrected chi connectivity index (χ4v) is 2.28. The van der Waals surface area contributed by atoms with E-state index in [0.29, 0.717) is 12.4 Å². The largest absolute Gasteiger partial charge is 0.491 e. The first-order valence-electron chi connectivity index (χ1n) is 6.95. The van der Waals surface area contributed by atoms with Crippen molar-refractivity contribution in [2.75, 3.05) is 32.8 Å². The number of carboxylic acids is 1. The number of hydrogen-bond donors (Lipinski definition) is 1. The summed E-state index contributed by atoms with van der Waals surface area (Å²) in [6.45, 7) is 6.24. The predicted octanol–water partition coefficient (Wildman–Crippen LogP) is 1.41. The average Bonchev–Trinajstić information content (AvgIpc) is 2.45. The van der Waals surface area contributed by atoms with Crippen molar-refractivity contribution in [2.24, 2.45) is 0 Å². The maximum Gasteiger partial charge on any atom is 0.307 e. The Labute approximate surface area is 119 Å². The normalized spacial score (nSPS) is 19.8. The van der Waals surface area contributed by atoms with Gasteiger partial charge in [-0.2, -0.15) is 0 Å². The molecule has 1 aliphatic rings. The van der Waals surface area contributed by atoms with Crippen molar-refractivity contribution < 1.29 is 19.4 Å². The van der Waals surface area contributed by atoms with Crippen LogP contribution in [0.3, 0.4) is 0 Å². The molecule has 1 N–H and O–H groups in total. The van der Waals surface area contributed by atoms with E-state index in [1.165, 1.54) is 0 Å². The van der Waals surface area contributed by atoms with E-state index in [2.05, 4.69) is 11.8 Å². The van der Waals surface area contributed by atoms with Gasteiger partial charge in [-0.15, -0.1) is 0 Å². The predicted molar refractivity (Wildman–Crippen MR) is 75.1 cm³/mol. The molecule has 0 aliphatic carbocycles. The Morgan fingerprint density at radius 3 is 3.15 bits per heavy atom. The number of benzene rings is 1. The van der Waals surface area contributed by atoms with Crippen LogP contribution in [0, 0.1) is 0 Å². The third-order valence-electron chi connectivity index (χ3n) is 3.36. The summed E-state index contributed by atoms with van der Waals surface area (Å²) in [4.78, 5) is 13.0. The lowest BCUT2D eigenvalue weighted by atomic mass is 10.1. The van der Waals surface area contributed by atoms with Crippen molar-refractivity contribution in [3.8, 4) is 5.75 Å². The summed E-state index contributed by atoms with van der Waals surface area (Å²) in [7, 11) is 0. The van der Waals surface area contributed by atoms with Crippen LogP contribution in [-0.2, 0) is 16.0 Å². The molecule has 1 aliphatic heterocycles. The number of morpholine rings is 1. The van der Waals surface area contributed by atoms with E-state index < -0.39 is 5.97 Å². The molecule has 110 valence electrons. The van der Waals surface area contributed by atoms with Gasteiger partial charge in [0.25, 0.3) is 0 Å². The van der Waals surface area contributed by atoms with Gasteiger partial charge in [0.1, 0.15) is 18.5 Å². The van der Waals surface area contributed by atoms with Crippen molar-refractivity contribution in [1.82, 2.24) is 4.90 Å². The molecule has 2 rings (SSSR count). The third kappa shape index (κ3) is 4.51. The van der Waals surface area contributed by atoms with Gasteiger partial charge in [0.2, 0.25) is 0 Å². The first-order valence-corrected chi connectivity index (χ1v) is 6.95. The second-order valence-electron chi connectivity index (χ2n) is 4.91.